The summed E-state index contributed by atoms with van der Waals surface area (Å²) in [4.78, 5) is 0. The largest absolute Gasteiger partial charge is 0.348 e. The summed E-state index contributed by atoms with van der Waals surface area (Å²) in [7, 11) is 0. The monoisotopic (exact) mass is 125 g/mol. The fraction of sp³-hybridized carbons (Fsp3) is 0.714. The molecule has 0 spiro atoms. The Morgan fingerprint density at radius 1 is 1.89 bits per heavy atom. The molecule has 1 aliphatic heterocycles. The molecule has 1 unspecified atom stereocenters. The maximum atomic E-state index is 5.25. The Kier molecular flexibility index (Phi) is 1.48. The first-order valence-electron chi connectivity index (χ1n) is 3.06. The van der Waals surface area contributed by atoms with E-state index in [9.17, 15) is 0 Å². The van der Waals surface area contributed by atoms with Crippen LogP contribution in [0.5, 0.6) is 0 Å². The summed E-state index contributed by atoms with van der Waals surface area (Å²) in [6.45, 7) is 4.61. The summed E-state index contributed by atoms with van der Waals surface area (Å²) in [5.41, 5.74) is -0.514. The number of hydrogen-bond acceptors (Lipinski definition) is 2. The molecule has 0 aliphatic carbocycles. The van der Waals surface area contributed by atoms with Crippen molar-refractivity contribution in [2.75, 3.05) is 6.61 Å². The van der Waals surface area contributed by atoms with E-state index in [0.717, 1.165) is 0 Å². The molecule has 1 heterocycles. The van der Waals surface area contributed by atoms with Crippen LogP contribution in [-0.2, 0) is 4.74 Å². The molecule has 1 saturated heterocycles. The first-order valence-corrected chi connectivity index (χ1v) is 3.06. The van der Waals surface area contributed by atoms with Crippen molar-refractivity contribution in [1.82, 2.24) is 5.32 Å². The Hall–Kier alpha value is -0.520. The first-order chi connectivity index (χ1) is 4.16. The Bertz CT molecular complexity index is 149. The van der Waals surface area contributed by atoms with Crippen LogP contribution in [0.15, 0.2) is 0 Å². The van der Waals surface area contributed by atoms with Crippen LogP contribution in [-0.4, -0.2) is 18.4 Å². The number of hydrogen-bond donors (Lipinski definition) is 1. The maximum Gasteiger partial charge on any atom is 0.179 e. The lowest BCUT2D eigenvalue weighted by Gasteiger charge is -2.15. The number of nitrogens with one attached hydrogen (secondary N) is 1. The Labute approximate surface area is 55.6 Å². The highest BCUT2D eigenvalue weighted by Crippen LogP contribution is 2.12. The average molecular weight is 125 g/mol. The van der Waals surface area contributed by atoms with Gasteiger partial charge in [-0.3, -0.25) is 5.32 Å². The molecule has 0 amide bonds. The molecule has 1 fully saturated rings. The second-order valence-corrected chi connectivity index (χ2v) is 2.53. The molecule has 2 atom stereocenters. The topological polar surface area (TPSA) is 21.3 Å². The van der Waals surface area contributed by atoms with E-state index >= 15 is 0 Å². The van der Waals surface area contributed by atoms with Gasteiger partial charge in [0.2, 0.25) is 0 Å². The van der Waals surface area contributed by atoms with Gasteiger partial charge in [-0.1, -0.05) is 5.92 Å². The Morgan fingerprint density at radius 2 is 2.56 bits per heavy atom. The SMILES string of the molecule is C#CC1(C)N[C@@H](C)CO1. The molecular weight excluding hydrogens is 114 g/mol. The van der Waals surface area contributed by atoms with Crippen LogP contribution in [0, 0.1) is 12.3 Å². The third-order valence-electron chi connectivity index (χ3n) is 1.42. The number of ether oxygens (including phenoxy) is 1. The van der Waals surface area contributed by atoms with Gasteiger partial charge in [0.25, 0.3) is 0 Å². The molecule has 1 N–H and O–H groups in total. The molecule has 2 heteroatoms. The lowest BCUT2D eigenvalue weighted by Crippen LogP contribution is -2.38. The van der Waals surface area contributed by atoms with Crippen LogP contribution in [0.4, 0.5) is 0 Å². The molecule has 0 aromatic rings. The zero-order valence-electron chi connectivity index (χ0n) is 5.77. The highest BCUT2D eigenvalue weighted by atomic mass is 16.5. The molecule has 50 valence electrons. The third kappa shape index (κ3) is 1.24. The molecule has 0 bridgehead atoms. The van der Waals surface area contributed by atoms with Crippen molar-refractivity contribution >= 4 is 0 Å². The second kappa shape index (κ2) is 2.02. The van der Waals surface area contributed by atoms with Gasteiger partial charge < -0.3 is 4.74 Å². The summed E-state index contributed by atoms with van der Waals surface area (Å²) in [6.07, 6.45) is 5.19. The molecule has 2 nitrogen and oxygen atoms in total. The number of rotatable bonds is 0. The molecule has 0 radical (unpaired) electrons. The van der Waals surface area contributed by atoms with Crippen LogP contribution < -0.4 is 5.32 Å². The molecule has 0 aromatic heterocycles. The lowest BCUT2D eigenvalue weighted by atomic mass is 10.3. The van der Waals surface area contributed by atoms with Crippen molar-refractivity contribution < 1.29 is 4.74 Å². The van der Waals surface area contributed by atoms with E-state index in [-0.39, 0.29) is 0 Å². The normalized spacial score (nSPS) is 42.6. The van der Waals surface area contributed by atoms with Crippen LogP contribution >= 0.6 is 0 Å². The van der Waals surface area contributed by atoms with Gasteiger partial charge in [-0.25, -0.2) is 0 Å². The predicted octanol–water partition coefficient (Wildman–Crippen LogP) is 0.344. The smallest absolute Gasteiger partial charge is 0.179 e. The van der Waals surface area contributed by atoms with Crippen molar-refractivity contribution in [2.45, 2.75) is 25.6 Å². The van der Waals surface area contributed by atoms with Gasteiger partial charge in [0.15, 0.2) is 5.72 Å². The fourth-order valence-corrected chi connectivity index (χ4v) is 0.929. The average Bonchev–Trinajstić information content (AvgIpc) is 2.13. The van der Waals surface area contributed by atoms with Crippen LogP contribution in [0.2, 0.25) is 0 Å². The standard InChI is InChI=1S/C7H11NO/c1-4-7(3)8-6(2)5-9-7/h1,6,8H,5H2,2-3H3/t6-,7?/m0/s1. The summed E-state index contributed by atoms with van der Waals surface area (Å²) >= 11 is 0. The Balaban J connectivity index is 2.58. The zero-order valence-corrected chi connectivity index (χ0v) is 5.77. The van der Waals surface area contributed by atoms with E-state index < -0.39 is 5.72 Å². The predicted molar refractivity (Wildman–Crippen MR) is 35.8 cm³/mol. The molecule has 0 aromatic carbocycles. The minimum atomic E-state index is -0.514. The zero-order chi connectivity index (χ0) is 6.91. The maximum absolute atomic E-state index is 5.25. The van der Waals surface area contributed by atoms with Crippen LogP contribution in [0.25, 0.3) is 0 Å². The van der Waals surface area contributed by atoms with Crippen LogP contribution in [0.3, 0.4) is 0 Å². The van der Waals surface area contributed by atoms with E-state index in [0.29, 0.717) is 12.6 Å². The van der Waals surface area contributed by atoms with Gasteiger partial charge in [-0.15, -0.1) is 6.42 Å². The summed E-state index contributed by atoms with van der Waals surface area (Å²) in [5.74, 6) is 2.54. The van der Waals surface area contributed by atoms with E-state index in [1.807, 2.05) is 13.8 Å². The van der Waals surface area contributed by atoms with Gasteiger partial charge >= 0.3 is 0 Å². The van der Waals surface area contributed by atoms with Crippen molar-refractivity contribution in [2.24, 2.45) is 0 Å². The first kappa shape index (κ1) is 6.60. The van der Waals surface area contributed by atoms with Gasteiger partial charge in [-0.2, -0.15) is 0 Å². The quantitative estimate of drug-likeness (QED) is 0.471. The van der Waals surface area contributed by atoms with Gasteiger partial charge in [-0.05, 0) is 13.8 Å². The van der Waals surface area contributed by atoms with Gasteiger partial charge in [0.05, 0.1) is 6.61 Å². The summed E-state index contributed by atoms with van der Waals surface area (Å²) < 4.78 is 5.25. The molecule has 9 heavy (non-hydrogen) atoms. The van der Waals surface area contributed by atoms with Crippen molar-refractivity contribution in [3.8, 4) is 12.3 Å². The molecule has 1 rings (SSSR count). The van der Waals surface area contributed by atoms with Gasteiger partial charge in [0, 0.05) is 6.04 Å². The van der Waals surface area contributed by atoms with E-state index in [2.05, 4.69) is 11.2 Å². The molecular formula is C7H11NO. The summed E-state index contributed by atoms with van der Waals surface area (Å²) in [5, 5.41) is 3.12. The van der Waals surface area contributed by atoms with Crippen LogP contribution in [0.1, 0.15) is 13.8 Å². The highest BCUT2D eigenvalue weighted by Gasteiger charge is 2.30. The van der Waals surface area contributed by atoms with E-state index in [1.165, 1.54) is 0 Å². The fourth-order valence-electron chi connectivity index (χ4n) is 0.929. The minimum Gasteiger partial charge on any atom is -0.348 e. The van der Waals surface area contributed by atoms with Crippen molar-refractivity contribution in [3.05, 3.63) is 0 Å². The Morgan fingerprint density at radius 3 is 2.78 bits per heavy atom. The highest BCUT2D eigenvalue weighted by molar-refractivity contribution is 5.07. The second-order valence-electron chi connectivity index (χ2n) is 2.53. The van der Waals surface area contributed by atoms with E-state index in [4.69, 9.17) is 11.2 Å². The van der Waals surface area contributed by atoms with Crippen molar-refractivity contribution in [3.63, 3.8) is 0 Å². The summed E-state index contributed by atoms with van der Waals surface area (Å²) in [6, 6.07) is 0.381. The third-order valence-corrected chi connectivity index (χ3v) is 1.42. The van der Waals surface area contributed by atoms with Gasteiger partial charge in [0.1, 0.15) is 0 Å². The molecule has 0 saturated carbocycles. The lowest BCUT2D eigenvalue weighted by molar-refractivity contribution is 0.0572. The van der Waals surface area contributed by atoms with Crippen molar-refractivity contribution in [1.29, 1.82) is 0 Å². The molecule has 1 aliphatic rings. The number of terminal acetylenes is 1. The minimum absolute atomic E-state index is 0.381. The van der Waals surface area contributed by atoms with E-state index in [1.54, 1.807) is 0 Å².